The molecule has 1 saturated heterocycles. The first kappa shape index (κ1) is 26.6. The Morgan fingerprint density at radius 3 is 2.00 bits per heavy atom. The smallest absolute Gasteiger partial charge is 0.184 e. The number of fused-ring (bicyclic) bond motifs is 2. The van der Waals surface area contributed by atoms with Gasteiger partial charge >= 0.3 is 0 Å². The third-order valence-electron chi connectivity index (χ3n) is 7.93. The quantitative estimate of drug-likeness (QED) is 0.220. The van der Waals surface area contributed by atoms with Crippen LogP contribution < -0.4 is 5.73 Å². The van der Waals surface area contributed by atoms with Crippen molar-refractivity contribution in [1.82, 2.24) is 4.90 Å². The van der Waals surface area contributed by atoms with E-state index in [2.05, 4.69) is 78.7 Å². The van der Waals surface area contributed by atoms with Crippen molar-refractivity contribution in [1.29, 1.82) is 0 Å². The largest absolute Gasteiger partial charge is 0.392 e. The Bertz CT molecular complexity index is 1470. The molecule has 0 bridgehead atoms. The molecule has 1 unspecified atom stereocenters. The molecule has 0 radical (unpaired) electrons. The Morgan fingerprint density at radius 2 is 1.38 bits per heavy atom. The van der Waals surface area contributed by atoms with Gasteiger partial charge in [-0.05, 0) is 56.9 Å². The van der Waals surface area contributed by atoms with Crippen LogP contribution >= 0.6 is 0 Å². The monoisotopic (exact) mass is 532 g/mol. The van der Waals surface area contributed by atoms with E-state index >= 15 is 0 Å². The highest BCUT2D eigenvalue weighted by Gasteiger charge is 2.33. The third-order valence-corrected chi connectivity index (χ3v) is 7.93. The van der Waals surface area contributed by atoms with Gasteiger partial charge in [0.1, 0.15) is 0 Å². The minimum Gasteiger partial charge on any atom is -0.392 e. The molecule has 0 saturated carbocycles. The predicted octanol–water partition coefficient (Wildman–Crippen LogP) is 6.62. The molecule has 5 aromatic carbocycles. The first-order valence-corrected chi connectivity index (χ1v) is 14.0. The number of aliphatic hydroxyl groups excluding tert-OH is 1. The van der Waals surface area contributed by atoms with Crippen molar-refractivity contribution >= 4 is 21.5 Å². The molecule has 1 heterocycles. The number of nitrogens with two attached hydrogens (primary N) is 1. The first-order chi connectivity index (χ1) is 19.6. The third kappa shape index (κ3) is 5.66. The predicted molar refractivity (Wildman–Crippen MR) is 161 cm³/mol. The van der Waals surface area contributed by atoms with E-state index in [9.17, 15) is 5.11 Å². The van der Waals surface area contributed by atoms with Crippen LogP contribution in [0.25, 0.3) is 21.5 Å². The van der Waals surface area contributed by atoms with Gasteiger partial charge in [0.2, 0.25) is 0 Å². The summed E-state index contributed by atoms with van der Waals surface area (Å²) in [7, 11) is 2.17. The fourth-order valence-electron chi connectivity index (χ4n) is 5.80. The van der Waals surface area contributed by atoms with Gasteiger partial charge in [-0.25, -0.2) is 0 Å². The molecule has 5 heteroatoms. The summed E-state index contributed by atoms with van der Waals surface area (Å²) in [6.45, 7) is 2.11. The molecule has 1 fully saturated rings. The molecule has 3 atom stereocenters. The maximum Gasteiger partial charge on any atom is 0.184 e. The molecule has 5 nitrogen and oxygen atoms in total. The van der Waals surface area contributed by atoms with Gasteiger partial charge in [0.15, 0.2) is 6.29 Å². The molecule has 204 valence electrons. The van der Waals surface area contributed by atoms with Crippen molar-refractivity contribution in [2.75, 3.05) is 13.6 Å². The number of hydrogen-bond donors (Lipinski definition) is 2. The Morgan fingerprint density at radius 1 is 0.775 bits per heavy atom. The summed E-state index contributed by atoms with van der Waals surface area (Å²) in [5.41, 5.74) is 11.2. The SMILES string of the molecule is CN(Cc1c2ccccc2cc2ccccc12)C[C@@H]1C[C@H](c2ccc(CO)cc2)OC(c2ccc(CN)cc2)O1. The topological polar surface area (TPSA) is 68.0 Å². The number of nitrogens with zero attached hydrogens (tertiary/aromatic N) is 1. The molecule has 5 aromatic rings. The van der Waals surface area contributed by atoms with E-state index in [1.54, 1.807) is 0 Å². The van der Waals surface area contributed by atoms with Crippen molar-refractivity contribution in [3.05, 3.63) is 131 Å². The molecule has 0 aromatic heterocycles. The van der Waals surface area contributed by atoms with Crippen molar-refractivity contribution in [2.24, 2.45) is 5.73 Å². The highest BCUT2D eigenvalue weighted by atomic mass is 16.7. The van der Waals surface area contributed by atoms with E-state index in [0.717, 1.165) is 41.8 Å². The maximum absolute atomic E-state index is 9.50. The summed E-state index contributed by atoms with van der Waals surface area (Å²) in [4.78, 5) is 2.37. The van der Waals surface area contributed by atoms with Crippen LogP contribution in [0.1, 0.15) is 46.6 Å². The van der Waals surface area contributed by atoms with Crippen molar-refractivity contribution in [2.45, 2.75) is 44.6 Å². The minimum absolute atomic E-state index is 0.0262. The standard InChI is InChI=1S/C35H36N2O3/c1-37(22-33-31-8-4-2-6-28(31)18-29-7-3-5-9-32(29)33)21-30-19-34(26-14-12-25(23-38)13-15-26)40-35(39-30)27-16-10-24(20-36)11-17-27/h2-18,30,34-35,38H,19-23,36H2,1H3/t30-,34+,35?/m0/s1. The van der Waals surface area contributed by atoms with Gasteiger partial charge in [-0.1, -0.05) is 97.1 Å². The van der Waals surface area contributed by atoms with Crippen molar-refractivity contribution in [3.63, 3.8) is 0 Å². The lowest BCUT2D eigenvalue weighted by Gasteiger charge is -2.38. The van der Waals surface area contributed by atoms with Gasteiger partial charge in [-0.2, -0.15) is 0 Å². The molecule has 1 aliphatic heterocycles. The van der Waals surface area contributed by atoms with E-state index in [0.29, 0.717) is 6.54 Å². The molecule has 3 N–H and O–H groups in total. The number of hydrogen-bond acceptors (Lipinski definition) is 5. The van der Waals surface area contributed by atoms with Crippen LogP contribution in [0.3, 0.4) is 0 Å². The molecule has 40 heavy (non-hydrogen) atoms. The number of ether oxygens (including phenoxy) is 2. The second kappa shape index (κ2) is 11.9. The first-order valence-electron chi connectivity index (χ1n) is 14.0. The summed E-state index contributed by atoms with van der Waals surface area (Å²) in [6, 6.07) is 35.8. The molecule has 0 amide bonds. The molecule has 6 rings (SSSR count). The van der Waals surface area contributed by atoms with Gasteiger partial charge < -0.3 is 20.3 Å². The Hall–Kier alpha value is -3.58. The van der Waals surface area contributed by atoms with Crippen LogP contribution in [-0.4, -0.2) is 29.7 Å². The zero-order valence-corrected chi connectivity index (χ0v) is 22.9. The van der Waals surface area contributed by atoms with Crippen LogP contribution in [0.4, 0.5) is 0 Å². The number of aliphatic hydroxyl groups is 1. The summed E-state index contributed by atoms with van der Waals surface area (Å²) >= 11 is 0. The molecule has 1 aliphatic rings. The average Bonchev–Trinajstić information content (AvgIpc) is 3.01. The van der Waals surface area contributed by atoms with Crippen LogP contribution in [0.2, 0.25) is 0 Å². The molecule has 0 aliphatic carbocycles. The van der Waals surface area contributed by atoms with Crippen LogP contribution in [0.15, 0.2) is 103 Å². The highest BCUT2D eigenvalue weighted by Crippen LogP contribution is 2.38. The Kier molecular flexibility index (Phi) is 7.91. The number of benzene rings is 5. The van der Waals surface area contributed by atoms with Crippen LogP contribution in [0.5, 0.6) is 0 Å². The fourth-order valence-corrected chi connectivity index (χ4v) is 5.80. The highest BCUT2D eigenvalue weighted by molar-refractivity contribution is 6.02. The maximum atomic E-state index is 9.50. The van der Waals surface area contributed by atoms with Gasteiger partial charge in [0, 0.05) is 31.6 Å². The lowest BCUT2D eigenvalue weighted by molar-refractivity contribution is -0.252. The summed E-state index contributed by atoms with van der Waals surface area (Å²) in [6.07, 6.45) is 0.135. The lowest BCUT2D eigenvalue weighted by Crippen LogP contribution is -2.37. The van der Waals surface area contributed by atoms with E-state index in [-0.39, 0.29) is 18.8 Å². The van der Waals surface area contributed by atoms with Gasteiger partial charge in [0.25, 0.3) is 0 Å². The normalized spacial score (nSPS) is 19.4. The van der Waals surface area contributed by atoms with Crippen molar-refractivity contribution in [3.8, 4) is 0 Å². The fraction of sp³-hybridized carbons (Fsp3) is 0.257. The van der Waals surface area contributed by atoms with E-state index in [1.807, 2.05) is 36.4 Å². The van der Waals surface area contributed by atoms with Gasteiger partial charge in [-0.15, -0.1) is 0 Å². The van der Waals surface area contributed by atoms with Gasteiger partial charge in [-0.3, -0.25) is 4.90 Å². The molecular formula is C35H36N2O3. The number of rotatable bonds is 8. The van der Waals surface area contributed by atoms with Crippen molar-refractivity contribution < 1.29 is 14.6 Å². The zero-order chi connectivity index (χ0) is 27.5. The number of likely N-dealkylation sites (N-methyl/N-ethyl adjacent to an activating group) is 1. The van der Waals surface area contributed by atoms with E-state index < -0.39 is 6.29 Å². The molecule has 0 spiro atoms. The van der Waals surface area contributed by atoms with Crippen LogP contribution in [0, 0.1) is 0 Å². The average molecular weight is 533 g/mol. The Labute approximate surface area is 235 Å². The minimum atomic E-state index is -0.472. The lowest BCUT2D eigenvalue weighted by atomic mass is 9.96. The van der Waals surface area contributed by atoms with Crippen LogP contribution in [-0.2, 0) is 29.2 Å². The summed E-state index contributed by atoms with van der Waals surface area (Å²) < 4.78 is 13.1. The second-order valence-electron chi connectivity index (χ2n) is 10.8. The van der Waals surface area contributed by atoms with Gasteiger partial charge in [0.05, 0.1) is 18.8 Å². The van der Waals surface area contributed by atoms with E-state index in [1.165, 1.54) is 27.1 Å². The Balaban J connectivity index is 1.27. The van der Waals surface area contributed by atoms with E-state index in [4.69, 9.17) is 15.2 Å². The summed E-state index contributed by atoms with van der Waals surface area (Å²) in [5.74, 6) is 0. The zero-order valence-electron chi connectivity index (χ0n) is 22.9. The summed E-state index contributed by atoms with van der Waals surface area (Å²) in [5, 5.41) is 14.6. The second-order valence-corrected chi connectivity index (χ2v) is 10.8. The molecular weight excluding hydrogens is 496 g/mol.